The van der Waals surface area contributed by atoms with Gasteiger partial charge in [-0.25, -0.2) is 0 Å². The summed E-state index contributed by atoms with van der Waals surface area (Å²) < 4.78 is 0. The Kier molecular flexibility index (Phi) is 5.22. The van der Waals surface area contributed by atoms with Crippen LogP contribution in [0.1, 0.15) is 33.6 Å². The van der Waals surface area contributed by atoms with Gasteiger partial charge in [0.2, 0.25) is 0 Å². The lowest BCUT2D eigenvalue weighted by Gasteiger charge is -2.28. The maximum Gasteiger partial charge on any atom is 0.0600 e. The fourth-order valence-corrected chi connectivity index (χ4v) is 2.06. The predicted molar refractivity (Wildman–Crippen MR) is 68.6 cm³/mol. The summed E-state index contributed by atoms with van der Waals surface area (Å²) in [6.45, 7) is 12.0. The topological polar surface area (TPSA) is 26.7 Å². The van der Waals surface area contributed by atoms with Crippen LogP contribution in [-0.2, 0) is 0 Å². The van der Waals surface area contributed by atoms with Gasteiger partial charge in [-0.3, -0.25) is 0 Å². The van der Waals surface area contributed by atoms with Crippen LogP contribution in [0.5, 0.6) is 0 Å². The number of aliphatic hydroxyl groups is 1. The highest BCUT2D eigenvalue weighted by atomic mass is 16.3. The molecule has 1 aliphatic rings. The zero-order chi connectivity index (χ0) is 12.2. The number of nitrogens with zero attached hydrogens (tertiary/aromatic N) is 2. The normalized spacial score (nSPS) is 23.1. The number of rotatable bonds is 3. The SMILES string of the molecule is CN1CCCN(CCC(O)C(C)(C)C)CC1. The summed E-state index contributed by atoms with van der Waals surface area (Å²) >= 11 is 0. The molecule has 1 unspecified atom stereocenters. The van der Waals surface area contributed by atoms with Crippen LogP contribution in [0.25, 0.3) is 0 Å². The van der Waals surface area contributed by atoms with Gasteiger partial charge in [0.05, 0.1) is 6.10 Å². The minimum Gasteiger partial charge on any atom is -0.393 e. The highest BCUT2D eigenvalue weighted by molar-refractivity contribution is 4.75. The standard InChI is InChI=1S/C13H28N2O/c1-13(2,3)12(16)6-9-15-8-5-7-14(4)10-11-15/h12,16H,5-11H2,1-4H3. The molecule has 0 bridgehead atoms. The van der Waals surface area contributed by atoms with E-state index in [9.17, 15) is 5.11 Å². The molecule has 0 radical (unpaired) electrons. The molecular formula is C13H28N2O. The van der Waals surface area contributed by atoms with Gasteiger partial charge in [0.25, 0.3) is 0 Å². The molecule has 1 rings (SSSR count). The molecule has 0 spiro atoms. The lowest BCUT2D eigenvalue weighted by Crippen LogP contribution is -2.34. The summed E-state index contributed by atoms with van der Waals surface area (Å²) in [6.07, 6.45) is 1.96. The van der Waals surface area contributed by atoms with Crippen molar-refractivity contribution in [3.05, 3.63) is 0 Å². The first kappa shape index (κ1) is 13.9. The molecule has 0 aromatic carbocycles. The van der Waals surface area contributed by atoms with E-state index in [1.54, 1.807) is 0 Å². The van der Waals surface area contributed by atoms with Gasteiger partial charge in [0, 0.05) is 19.6 Å². The minimum atomic E-state index is -0.187. The van der Waals surface area contributed by atoms with Crippen molar-refractivity contribution >= 4 is 0 Å². The van der Waals surface area contributed by atoms with E-state index in [0.717, 1.165) is 26.1 Å². The van der Waals surface area contributed by atoms with E-state index >= 15 is 0 Å². The van der Waals surface area contributed by atoms with E-state index in [0.29, 0.717) is 0 Å². The lowest BCUT2D eigenvalue weighted by molar-refractivity contribution is 0.0460. The van der Waals surface area contributed by atoms with Crippen molar-refractivity contribution in [2.45, 2.75) is 39.7 Å². The second-order valence-corrected chi connectivity index (χ2v) is 6.17. The Hall–Kier alpha value is -0.120. The van der Waals surface area contributed by atoms with Crippen LogP contribution in [0.3, 0.4) is 0 Å². The molecule has 0 aromatic heterocycles. The first-order valence-electron chi connectivity index (χ1n) is 6.48. The van der Waals surface area contributed by atoms with Crippen molar-refractivity contribution in [3.63, 3.8) is 0 Å². The van der Waals surface area contributed by atoms with Gasteiger partial charge in [-0.1, -0.05) is 20.8 Å². The van der Waals surface area contributed by atoms with Crippen molar-refractivity contribution < 1.29 is 5.11 Å². The number of hydrogen-bond acceptors (Lipinski definition) is 3. The monoisotopic (exact) mass is 228 g/mol. The van der Waals surface area contributed by atoms with E-state index in [-0.39, 0.29) is 11.5 Å². The molecule has 1 heterocycles. The van der Waals surface area contributed by atoms with Crippen molar-refractivity contribution in [3.8, 4) is 0 Å². The second kappa shape index (κ2) is 5.99. The van der Waals surface area contributed by atoms with Crippen LogP contribution in [0, 0.1) is 5.41 Å². The van der Waals surface area contributed by atoms with Gasteiger partial charge in [0.1, 0.15) is 0 Å². The molecule has 16 heavy (non-hydrogen) atoms. The largest absolute Gasteiger partial charge is 0.393 e. The first-order chi connectivity index (χ1) is 7.39. The summed E-state index contributed by atoms with van der Waals surface area (Å²) in [5.74, 6) is 0. The summed E-state index contributed by atoms with van der Waals surface area (Å²) in [6, 6.07) is 0. The van der Waals surface area contributed by atoms with Crippen molar-refractivity contribution in [2.75, 3.05) is 39.8 Å². The Labute approximate surface area is 100 Å². The van der Waals surface area contributed by atoms with Gasteiger partial charge in [-0.2, -0.15) is 0 Å². The molecule has 3 heteroatoms. The van der Waals surface area contributed by atoms with E-state index in [2.05, 4.69) is 37.6 Å². The lowest BCUT2D eigenvalue weighted by atomic mass is 9.87. The molecule has 1 aliphatic heterocycles. The average molecular weight is 228 g/mol. The van der Waals surface area contributed by atoms with Crippen molar-refractivity contribution in [1.29, 1.82) is 0 Å². The van der Waals surface area contributed by atoms with Crippen LogP contribution < -0.4 is 0 Å². The molecule has 1 atom stereocenters. The maximum atomic E-state index is 10.0. The van der Waals surface area contributed by atoms with Crippen LogP contribution in [-0.4, -0.2) is 60.8 Å². The minimum absolute atomic E-state index is 0.0165. The second-order valence-electron chi connectivity index (χ2n) is 6.17. The van der Waals surface area contributed by atoms with Crippen molar-refractivity contribution in [2.24, 2.45) is 5.41 Å². The van der Waals surface area contributed by atoms with E-state index < -0.39 is 0 Å². The summed E-state index contributed by atoms with van der Waals surface area (Å²) in [7, 11) is 2.19. The Morgan fingerprint density at radius 3 is 2.44 bits per heavy atom. The molecule has 1 N–H and O–H groups in total. The van der Waals surface area contributed by atoms with E-state index in [1.165, 1.54) is 19.5 Å². The summed E-state index contributed by atoms with van der Waals surface area (Å²) in [5, 5.41) is 10.0. The molecule has 0 aliphatic carbocycles. The van der Waals surface area contributed by atoms with E-state index in [4.69, 9.17) is 0 Å². The van der Waals surface area contributed by atoms with Gasteiger partial charge in [-0.05, 0) is 38.4 Å². The van der Waals surface area contributed by atoms with Gasteiger partial charge in [0.15, 0.2) is 0 Å². The zero-order valence-electron chi connectivity index (χ0n) is 11.4. The van der Waals surface area contributed by atoms with Crippen LogP contribution in [0.4, 0.5) is 0 Å². The zero-order valence-corrected chi connectivity index (χ0v) is 11.4. The first-order valence-corrected chi connectivity index (χ1v) is 6.48. The third-order valence-corrected chi connectivity index (χ3v) is 3.53. The summed E-state index contributed by atoms with van der Waals surface area (Å²) in [5.41, 5.74) is 0.0165. The highest BCUT2D eigenvalue weighted by Gasteiger charge is 2.22. The smallest absolute Gasteiger partial charge is 0.0600 e. The third kappa shape index (κ3) is 4.81. The van der Waals surface area contributed by atoms with Crippen LogP contribution in [0.15, 0.2) is 0 Å². The number of aliphatic hydroxyl groups excluding tert-OH is 1. The number of hydrogen-bond donors (Lipinski definition) is 1. The summed E-state index contributed by atoms with van der Waals surface area (Å²) in [4.78, 5) is 4.87. The van der Waals surface area contributed by atoms with Crippen LogP contribution >= 0.6 is 0 Å². The Morgan fingerprint density at radius 1 is 1.12 bits per heavy atom. The maximum absolute atomic E-state index is 10.0. The Bertz CT molecular complexity index is 201. The molecule has 1 saturated heterocycles. The molecule has 0 amide bonds. The van der Waals surface area contributed by atoms with Gasteiger partial charge < -0.3 is 14.9 Å². The highest BCUT2D eigenvalue weighted by Crippen LogP contribution is 2.21. The molecule has 1 fully saturated rings. The molecule has 0 saturated carbocycles. The number of likely N-dealkylation sites (N-methyl/N-ethyl adjacent to an activating group) is 1. The molecule has 96 valence electrons. The van der Waals surface area contributed by atoms with E-state index in [1.807, 2.05) is 0 Å². The Morgan fingerprint density at radius 2 is 1.81 bits per heavy atom. The fraction of sp³-hybridized carbons (Fsp3) is 1.00. The van der Waals surface area contributed by atoms with Gasteiger partial charge >= 0.3 is 0 Å². The quantitative estimate of drug-likeness (QED) is 0.791. The third-order valence-electron chi connectivity index (χ3n) is 3.53. The predicted octanol–water partition coefficient (Wildman–Crippen LogP) is 1.42. The van der Waals surface area contributed by atoms with Gasteiger partial charge in [-0.15, -0.1) is 0 Å². The Balaban J connectivity index is 2.27. The van der Waals surface area contributed by atoms with Crippen molar-refractivity contribution in [1.82, 2.24) is 9.80 Å². The average Bonchev–Trinajstić information content (AvgIpc) is 2.38. The molecule has 0 aromatic rings. The molecular weight excluding hydrogens is 200 g/mol. The van der Waals surface area contributed by atoms with Crippen LogP contribution in [0.2, 0.25) is 0 Å². The molecule has 3 nitrogen and oxygen atoms in total. The fourth-order valence-electron chi connectivity index (χ4n) is 2.06.